The fraction of sp³-hybridized carbons (Fsp3) is 0.571. The topological polar surface area (TPSA) is 54.7 Å². The maximum absolute atomic E-state index is 5.60. The van der Waals surface area contributed by atoms with Gasteiger partial charge >= 0.3 is 0 Å². The molecule has 0 saturated carbocycles. The summed E-state index contributed by atoms with van der Waals surface area (Å²) in [7, 11) is 0. The Kier molecular flexibility index (Phi) is 1.76. The molecule has 0 fully saturated rings. The van der Waals surface area contributed by atoms with Crippen LogP contribution < -0.4 is 5.73 Å². The van der Waals surface area contributed by atoms with E-state index in [1.807, 2.05) is 20.8 Å². The molecular weight excluding hydrogens is 126 g/mol. The van der Waals surface area contributed by atoms with Gasteiger partial charge in [-0.3, -0.25) is 0 Å². The Morgan fingerprint density at radius 1 is 1.50 bits per heavy atom. The van der Waals surface area contributed by atoms with Crippen molar-refractivity contribution in [1.82, 2.24) is 9.97 Å². The third-order valence-electron chi connectivity index (χ3n) is 1.58. The molecule has 0 saturated heterocycles. The predicted octanol–water partition coefficient (Wildman–Crippen LogP) is 1.05. The van der Waals surface area contributed by atoms with Crippen molar-refractivity contribution in [1.29, 1.82) is 0 Å². The summed E-state index contributed by atoms with van der Waals surface area (Å²) in [6.45, 7) is 5.88. The molecule has 0 spiro atoms. The van der Waals surface area contributed by atoms with E-state index in [0.29, 0.717) is 0 Å². The van der Waals surface area contributed by atoms with E-state index in [1.54, 1.807) is 0 Å². The fourth-order valence-electron chi connectivity index (χ4n) is 0.791. The van der Waals surface area contributed by atoms with Crippen molar-refractivity contribution in [3.63, 3.8) is 0 Å². The first kappa shape index (κ1) is 7.28. The largest absolute Gasteiger partial charge is 0.345 e. The molecule has 0 aliphatic heterocycles. The van der Waals surface area contributed by atoms with E-state index in [2.05, 4.69) is 9.97 Å². The minimum Gasteiger partial charge on any atom is -0.345 e. The molecule has 0 unspecified atom stereocenters. The summed E-state index contributed by atoms with van der Waals surface area (Å²) < 4.78 is 0. The quantitative estimate of drug-likeness (QED) is 0.611. The molecule has 3 heteroatoms. The van der Waals surface area contributed by atoms with Crippen LogP contribution >= 0.6 is 0 Å². The smallest absolute Gasteiger partial charge is 0.123 e. The van der Waals surface area contributed by atoms with Crippen LogP contribution in [-0.4, -0.2) is 9.97 Å². The lowest BCUT2D eigenvalue weighted by Crippen LogP contribution is -2.06. The summed E-state index contributed by atoms with van der Waals surface area (Å²) >= 11 is 0. The van der Waals surface area contributed by atoms with Crippen LogP contribution in [0, 0.1) is 13.8 Å². The number of hydrogen-bond donors (Lipinski definition) is 2. The molecule has 0 aliphatic carbocycles. The third-order valence-corrected chi connectivity index (χ3v) is 1.58. The van der Waals surface area contributed by atoms with Crippen molar-refractivity contribution < 1.29 is 0 Å². The van der Waals surface area contributed by atoms with Gasteiger partial charge in [-0.25, -0.2) is 4.98 Å². The number of aryl methyl sites for hydroxylation is 2. The molecule has 0 bridgehead atoms. The lowest BCUT2D eigenvalue weighted by molar-refractivity contribution is 0.752. The maximum Gasteiger partial charge on any atom is 0.123 e. The second kappa shape index (κ2) is 2.42. The summed E-state index contributed by atoms with van der Waals surface area (Å²) in [6, 6.07) is 0.00685. The number of rotatable bonds is 1. The average molecular weight is 139 g/mol. The number of H-pyrrole nitrogens is 1. The van der Waals surface area contributed by atoms with Gasteiger partial charge < -0.3 is 10.7 Å². The van der Waals surface area contributed by atoms with Crippen LogP contribution in [0.5, 0.6) is 0 Å². The molecule has 10 heavy (non-hydrogen) atoms. The van der Waals surface area contributed by atoms with Crippen molar-refractivity contribution in [3.05, 3.63) is 17.2 Å². The maximum atomic E-state index is 5.60. The lowest BCUT2D eigenvalue weighted by Gasteiger charge is -1.96. The van der Waals surface area contributed by atoms with Crippen molar-refractivity contribution in [2.75, 3.05) is 0 Å². The number of imidazole rings is 1. The van der Waals surface area contributed by atoms with Crippen LogP contribution in [0.2, 0.25) is 0 Å². The molecule has 3 N–H and O–H groups in total. The van der Waals surface area contributed by atoms with E-state index in [-0.39, 0.29) is 6.04 Å². The Morgan fingerprint density at radius 2 is 2.10 bits per heavy atom. The number of nitrogens with two attached hydrogens (primary N) is 1. The Morgan fingerprint density at radius 3 is 2.30 bits per heavy atom. The summed E-state index contributed by atoms with van der Waals surface area (Å²) in [5.41, 5.74) is 7.74. The van der Waals surface area contributed by atoms with E-state index >= 15 is 0 Å². The normalized spacial score (nSPS) is 13.6. The minimum absolute atomic E-state index is 0.00685. The van der Waals surface area contributed by atoms with E-state index in [1.165, 1.54) is 0 Å². The molecule has 1 rings (SSSR count). The zero-order chi connectivity index (χ0) is 7.72. The molecule has 3 nitrogen and oxygen atoms in total. The Hall–Kier alpha value is -0.830. The van der Waals surface area contributed by atoms with E-state index in [9.17, 15) is 0 Å². The monoisotopic (exact) mass is 139 g/mol. The van der Waals surface area contributed by atoms with Gasteiger partial charge in [0.05, 0.1) is 11.7 Å². The van der Waals surface area contributed by atoms with Crippen molar-refractivity contribution in [2.24, 2.45) is 5.73 Å². The first-order chi connectivity index (χ1) is 4.61. The van der Waals surface area contributed by atoms with E-state index in [0.717, 1.165) is 17.2 Å². The van der Waals surface area contributed by atoms with Crippen LogP contribution in [-0.2, 0) is 0 Å². The van der Waals surface area contributed by atoms with Crippen molar-refractivity contribution in [2.45, 2.75) is 26.8 Å². The highest BCUT2D eigenvalue weighted by Gasteiger charge is 2.04. The number of nitrogens with one attached hydrogen (secondary N) is 1. The van der Waals surface area contributed by atoms with Gasteiger partial charge in [0, 0.05) is 5.69 Å². The minimum atomic E-state index is 0.00685. The molecule has 1 aromatic heterocycles. The molecular formula is C7H13N3. The van der Waals surface area contributed by atoms with Crippen molar-refractivity contribution >= 4 is 0 Å². The Balaban J connectivity index is 2.98. The number of hydrogen-bond acceptors (Lipinski definition) is 2. The second-order valence-corrected chi connectivity index (χ2v) is 2.62. The predicted molar refractivity (Wildman–Crippen MR) is 40.7 cm³/mol. The van der Waals surface area contributed by atoms with Gasteiger partial charge in [0.1, 0.15) is 5.82 Å². The standard InChI is InChI=1S/C7H13N3/c1-4(8)7-9-5(2)6(3)10-7/h4H,8H2,1-3H3,(H,9,10)/t4-/m1/s1. The summed E-state index contributed by atoms with van der Waals surface area (Å²) in [5.74, 6) is 0.870. The second-order valence-electron chi connectivity index (χ2n) is 2.62. The van der Waals surface area contributed by atoms with Crippen LogP contribution in [0.1, 0.15) is 30.2 Å². The van der Waals surface area contributed by atoms with Crippen molar-refractivity contribution in [3.8, 4) is 0 Å². The number of aromatic nitrogens is 2. The Bertz CT molecular complexity index is 205. The van der Waals surface area contributed by atoms with Gasteiger partial charge in [-0.1, -0.05) is 0 Å². The fourth-order valence-corrected chi connectivity index (χ4v) is 0.791. The van der Waals surface area contributed by atoms with Crippen LogP contribution in [0.3, 0.4) is 0 Å². The van der Waals surface area contributed by atoms with Gasteiger partial charge in [0.2, 0.25) is 0 Å². The zero-order valence-electron chi connectivity index (χ0n) is 6.60. The highest BCUT2D eigenvalue weighted by molar-refractivity contribution is 5.12. The highest BCUT2D eigenvalue weighted by atomic mass is 15.0. The van der Waals surface area contributed by atoms with Crippen LogP contribution in [0.25, 0.3) is 0 Å². The van der Waals surface area contributed by atoms with E-state index < -0.39 is 0 Å². The van der Waals surface area contributed by atoms with Gasteiger partial charge in [-0.2, -0.15) is 0 Å². The first-order valence-corrected chi connectivity index (χ1v) is 3.40. The van der Waals surface area contributed by atoms with Gasteiger partial charge in [0.15, 0.2) is 0 Å². The number of nitrogens with zero attached hydrogens (tertiary/aromatic N) is 1. The molecule has 0 aromatic carbocycles. The van der Waals surface area contributed by atoms with Gasteiger partial charge in [-0.15, -0.1) is 0 Å². The molecule has 1 aromatic rings. The summed E-state index contributed by atoms with van der Waals surface area (Å²) in [6.07, 6.45) is 0. The highest BCUT2D eigenvalue weighted by Crippen LogP contribution is 2.07. The molecule has 0 amide bonds. The first-order valence-electron chi connectivity index (χ1n) is 3.40. The lowest BCUT2D eigenvalue weighted by atomic mass is 10.3. The molecule has 1 heterocycles. The Labute approximate surface area is 60.7 Å². The van der Waals surface area contributed by atoms with Crippen LogP contribution in [0.4, 0.5) is 0 Å². The van der Waals surface area contributed by atoms with Gasteiger partial charge in [0.25, 0.3) is 0 Å². The molecule has 56 valence electrons. The molecule has 1 atom stereocenters. The SMILES string of the molecule is Cc1nc([C@@H](C)N)[nH]c1C. The zero-order valence-corrected chi connectivity index (χ0v) is 6.60. The molecule has 0 aliphatic rings. The van der Waals surface area contributed by atoms with Gasteiger partial charge in [-0.05, 0) is 20.8 Å². The number of aromatic amines is 1. The van der Waals surface area contributed by atoms with E-state index in [4.69, 9.17) is 5.73 Å². The van der Waals surface area contributed by atoms with Crippen LogP contribution in [0.15, 0.2) is 0 Å². The summed E-state index contributed by atoms with van der Waals surface area (Å²) in [5, 5.41) is 0. The molecule has 0 radical (unpaired) electrons. The summed E-state index contributed by atoms with van der Waals surface area (Å²) in [4.78, 5) is 7.34. The third kappa shape index (κ3) is 1.19. The average Bonchev–Trinajstić information content (AvgIpc) is 2.13.